The summed E-state index contributed by atoms with van der Waals surface area (Å²) in [5.74, 6) is 1.37. The molecule has 6 nitrogen and oxygen atoms in total. The smallest absolute Gasteiger partial charge is 0.251 e. The fraction of sp³-hybridized carbons (Fsp3) is 0.391. The predicted molar refractivity (Wildman–Crippen MR) is 126 cm³/mol. The van der Waals surface area contributed by atoms with Crippen molar-refractivity contribution in [2.24, 2.45) is 10.9 Å². The molecule has 4 rings (SSSR count). The van der Waals surface area contributed by atoms with Gasteiger partial charge in [0.15, 0.2) is 15.0 Å². The standard InChI is InChI=1S/C23H26N2O4S2/c1-3-16(4-2)22(26)24-23-25(20-14-31(27,28)15-21(20)30-23)17-10-12-19(13-11-17)29-18-8-6-5-7-9-18/h5-13,16,20-21H,3-4,14-15H2,1-2H3/t20-,21+/m1/s1. The maximum Gasteiger partial charge on any atom is 0.251 e. The molecule has 2 heterocycles. The maximum atomic E-state index is 12.7. The number of sulfone groups is 1. The minimum Gasteiger partial charge on any atom is -0.457 e. The van der Waals surface area contributed by atoms with Crippen LogP contribution in [0.4, 0.5) is 5.69 Å². The number of ether oxygens (including phenoxy) is 1. The molecule has 164 valence electrons. The van der Waals surface area contributed by atoms with Crippen LogP contribution in [0.25, 0.3) is 0 Å². The number of carbonyl (C=O) groups is 1. The summed E-state index contributed by atoms with van der Waals surface area (Å²) in [5.41, 5.74) is 0.814. The van der Waals surface area contributed by atoms with Crippen LogP contribution in [0.2, 0.25) is 0 Å². The van der Waals surface area contributed by atoms with Crippen LogP contribution in [0.5, 0.6) is 11.5 Å². The molecule has 2 aromatic rings. The highest BCUT2D eigenvalue weighted by molar-refractivity contribution is 8.16. The number of anilines is 1. The molecule has 0 aromatic heterocycles. The van der Waals surface area contributed by atoms with E-state index in [0.29, 0.717) is 10.9 Å². The number of aliphatic imine (C=N–C) groups is 1. The van der Waals surface area contributed by atoms with Crippen molar-refractivity contribution in [1.29, 1.82) is 0 Å². The van der Waals surface area contributed by atoms with Crippen molar-refractivity contribution in [3.05, 3.63) is 54.6 Å². The Morgan fingerprint density at radius 3 is 2.35 bits per heavy atom. The lowest BCUT2D eigenvalue weighted by molar-refractivity contribution is -0.121. The fourth-order valence-corrected chi connectivity index (χ4v) is 7.91. The topological polar surface area (TPSA) is 76.0 Å². The van der Waals surface area contributed by atoms with Gasteiger partial charge in [-0.3, -0.25) is 4.79 Å². The van der Waals surface area contributed by atoms with Gasteiger partial charge in [-0.05, 0) is 49.2 Å². The molecule has 0 saturated carbocycles. The second kappa shape index (κ2) is 9.04. The van der Waals surface area contributed by atoms with Crippen LogP contribution in [-0.4, -0.2) is 42.3 Å². The molecule has 2 fully saturated rings. The van der Waals surface area contributed by atoms with Crippen molar-refractivity contribution in [3.63, 3.8) is 0 Å². The summed E-state index contributed by atoms with van der Waals surface area (Å²) in [5, 5.41) is 0.483. The number of para-hydroxylation sites is 1. The van der Waals surface area contributed by atoms with E-state index in [2.05, 4.69) is 4.99 Å². The summed E-state index contributed by atoms with van der Waals surface area (Å²) in [6, 6.07) is 16.8. The Bertz CT molecular complexity index is 1060. The molecule has 2 aliphatic rings. The van der Waals surface area contributed by atoms with Crippen LogP contribution in [-0.2, 0) is 14.6 Å². The van der Waals surface area contributed by atoms with Crippen LogP contribution in [0, 0.1) is 5.92 Å². The summed E-state index contributed by atoms with van der Waals surface area (Å²) in [6.07, 6.45) is 1.48. The Morgan fingerprint density at radius 1 is 1.06 bits per heavy atom. The van der Waals surface area contributed by atoms with E-state index in [0.717, 1.165) is 24.3 Å². The average molecular weight is 459 g/mol. The van der Waals surface area contributed by atoms with Crippen molar-refractivity contribution < 1.29 is 17.9 Å². The van der Waals surface area contributed by atoms with Crippen LogP contribution in [0.1, 0.15) is 26.7 Å². The molecule has 0 bridgehead atoms. The number of nitrogens with zero attached hydrogens (tertiary/aromatic N) is 2. The SMILES string of the molecule is CCC(CC)C(=O)N=C1S[C@H]2CS(=O)(=O)C[C@H]2N1c1ccc(Oc2ccccc2)cc1. The molecule has 0 unspecified atom stereocenters. The van der Waals surface area contributed by atoms with Crippen molar-refractivity contribution in [3.8, 4) is 11.5 Å². The molecular weight excluding hydrogens is 432 g/mol. The van der Waals surface area contributed by atoms with Crippen LogP contribution in [0.15, 0.2) is 59.6 Å². The number of fused-ring (bicyclic) bond motifs is 1. The summed E-state index contributed by atoms with van der Waals surface area (Å²) >= 11 is 1.40. The van der Waals surface area contributed by atoms with Gasteiger partial charge >= 0.3 is 0 Å². The molecule has 2 aliphatic heterocycles. The summed E-state index contributed by atoms with van der Waals surface area (Å²) in [6.45, 7) is 3.97. The molecule has 0 aliphatic carbocycles. The third-order valence-electron chi connectivity index (χ3n) is 5.70. The average Bonchev–Trinajstić information content (AvgIpc) is 3.21. The number of amidine groups is 1. The highest BCUT2D eigenvalue weighted by Crippen LogP contribution is 2.41. The lowest BCUT2D eigenvalue weighted by Crippen LogP contribution is -2.37. The number of rotatable bonds is 6. The highest BCUT2D eigenvalue weighted by Gasteiger charge is 2.49. The first-order valence-electron chi connectivity index (χ1n) is 10.5. The Balaban J connectivity index is 1.62. The second-order valence-electron chi connectivity index (χ2n) is 7.83. The van der Waals surface area contributed by atoms with E-state index in [9.17, 15) is 13.2 Å². The van der Waals surface area contributed by atoms with Gasteiger partial charge in [-0.25, -0.2) is 8.42 Å². The molecule has 2 aromatic carbocycles. The minimum atomic E-state index is -3.10. The summed E-state index contributed by atoms with van der Waals surface area (Å²) in [7, 11) is -3.10. The van der Waals surface area contributed by atoms with Gasteiger partial charge in [-0.2, -0.15) is 4.99 Å². The molecule has 2 saturated heterocycles. The summed E-state index contributed by atoms with van der Waals surface area (Å²) in [4.78, 5) is 19.0. The quantitative estimate of drug-likeness (QED) is 0.634. The van der Waals surface area contributed by atoms with Crippen molar-refractivity contribution >= 4 is 38.4 Å². The summed E-state index contributed by atoms with van der Waals surface area (Å²) < 4.78 is 30.3. The van der Waals surface area contributed by atoms with Gasteiger partial charge in [0.25, 0.3) is 5.91 Å². The third kappa shape index (κ3) is 4.80. The molecule has 2 atom stereocenters. The first-order chi connectivity index (χ1) is 14.9. The molecule has 1 amide bonds. The molecular formula is C23H26N2O4S2. The van der Waals surface area contributed by atoms with Crippen LogP contribution >= 0.6 is 11.8 Å². The highest BCUT2D eigenvalue weighted by atomic mass is 32.2. The maximum absolute atomic E-state index is 12.7. The van der Waals surface area contributed by atoms with E-state index in [1.165, 1.54) is 11.8 Å². The van der Waals surface area contributed by atoms with E-state index in [1.807, 2.05) is 73.3 Å². The number of thioether (sulfide) groups is 1. The van der Waals surface area contributed by atoms with Gasteiger partial charge in [0.1, 0.15) is 11.5 Å². The zero-order valence-electron chi connectivity index (χ0n) is 17.6. The van der Waals surface area contributed by atoms with E-state index in [-0.39, 0.29) is 34.6 Å². The van der Waals surface area contributed by atoms with Crippen molar-refractivity contribution in [2.45, 2.75) is 38.0 Å². The van der Waals surface area contributed by atoms with Crippen molar-refractivity contribution in [1.82, 2.24) is 0 Å². The Labute approximate surface area is 187 Å². The zero-order valence-corrected chi connectivity index (χ0v) is 19.2. The zero-order chi connectivity index (χ0) is 22.0. The van der Waals surface area contributed by atoms with E-state index >= 15 is 0 Å². The van der Waals surface area contributed by atoms with Gasteiger partial charge in [-0.1, -0.05) is 43.8 Å². The van der Waals surface area contributed by atoms with E-state index < -0.39 is 9.84 Å². The fourth-order valence-electron chi connectivity index (χ4n) is 3.99. The molecule has 0 N–H and O–H groups in total. The van der Waals surface area contributed by atoms with Gasteiger partial charge in [-0.15, -0.1) is 0 Å². The third-order valence-corrected chi connectivity index (χ3v) is 8.91. The largest absolute Gasteiger partial charge is 0.457 e. The van der Waals surface area contributed by atoms with Gasteiger partial charge in [0.2, 0.25) is 0 Å². The Morgan fingerprint density at radius 2 is 1.71 bits per heavy atom. The normalized spacial score (nSPS) is 23.3. The Hall–Kier alpha value is -2.32. The molecule has 0 radical (unpaired) electrons. The minimum absolute atomic E-state index is 0.0745. The lowest BCUT2D eigenvalue weighted by atomic mass is 10.0. The number of hydrogen-bond donors (Lipinski definition) is 0. The van der Waals surface area contributed by atoms with Gasteiger partial charge in [0, 0.05) is 16.9 Å². The predicted octanol–water partition coefficient (Wildman–Crippen LogP) is 4.52. The first-order valence-corrected chi connectivity index (χ1v) is 13.2. The number of carbonyl (C=O) groups excluding carboxylic acids is 1. The van der Waals surface area contributed by atoms with Crippen LogP contribution < -0.4 is 9.64 Å². The van der Waals surface area contributed by atoms with Crippen LogP contribution in [0.3, 0.4) is 0 Å². The molecule has 0 spiro atoms. The van der Waals surface area contributed by atoms with E-state index in [1.54, 1.807) is 0 Å². The van der Waals surface area contributed by atoms with Gasteiger partial charge in [0.05, 0.1) is 17.5 Å². The molecule has 31 heavy (non-hydrogen) atoms. The monoisotopic (exact) mass is 458 g/mol. The molecule has 8 heteroatoms. The van der Waals surface area contributed by atoms with Gasteiger partial charge < -0.3 is 9.64 Å². The number of amides is 1. The number of benzene rings is 2. The second-order valence-corrected chi connectivity index (χ2v) is 11.2. The van der Waals surface area contributed by atoms with E-state index in [4.69, 9.17) is 4.74 Å². The number of hydrogen-bond acceptors (Lipinski definition) is 5. The lowest BCUT2D eigenvalue weighted by Gasteiger charge is -2.25. The Kier molecular flexibility index (Phi) is 6.39. The van der Waals surface area contributed by atoms with Crippen molar-refractivity contribution in [2.75, 3.05) is 16.4 Å². The first kappa shape index (κ1) is 21.9.